The molecule has 1 amide bonds. The molecule has 3 aromatic rings. The second-order valence-corrected chi connectivity index (χ2v) is 6.72. The zero-order valence-corrected chi connectivity index (χ0v) is 14.0. The van der Waals surface area contributed by atoms with E-state index in [0.29, 0.717) is 15.9 Å². The molecule has 3 rings (SSSR count). The van der Waals surface area contributed by atoms with Gasteiger partial charge in [-0.2, -0.15) is 0 Å². The third-order valence-corrected chi connectivity index (χ3v) is 4.71. The summed E-state index contributed by atoms with van der Waals surface area (Å²) in [6.07, 6.45) is 0.177. The molecule has 0 saturated heterocycles. The van der Waals surface area contributed by atoms with E-state index in [1.807, 2.05) is 41.9 Å². The van der Waals surface area contributed by atoms with Crippen LogP contribution in [-0.4, -0.2) is 15.5 Å². The summed E-state index contributed by atoms with van der Waals surface area (Å²) in [5.41, 5.74) is 7.91. The number of nitrogens with one attached hydrogen (secondary N) is 2. The minimum atomic E-state index is -0.188. The van der Waals surface area contributed by atoms with Crippen LogP contribution in [0, 0.1) is 0 Å². The van der Waals surface area contributed by atoms with E-state index in [0.717, 1.165) is 15.9 Å². The topological polar surface area (TPSA) is 58.9 Å². The van der Waals surface area contributed by atoms with E-state index >= 15 is 0 Å². The maximum absolute atomic E-state index is 12.1. The summed E-state index contributed by atoms with van der Waals surface area (Å²) in [5, 5.41) is 0. The van der Waals surface area contributed by atoms with Gasteiger partial charge in [0.15, 0.2) is 0 Å². The first-order chi connectivity index (χ1) is 11.0. The minimum Gasteiger partial charge on any atom is -0.331 e. The van der Waals surface area contributed by atoms with Crippen LogP contribution in [0.4, 0.5) is 0 Å². The Balaban J connectivity index is 1.62. The molecule has 7 heteroatoms. The van der Waals surface area contributed by atoms with Crippen LogP contribution in [0.3, 0.4) is 0 Å². The van der Waals surface area contributed by atoms with Crippen LogP contribution in [0.25, 0.3) is 16.7 Å². The second kappa shape index (κ2) is 6.44. The molecule has 23 heavy (non-hydrogen) atoms. The number of fused-ring (bicyclic) bond motifs is 1. The molecule has 0 radical (unpaired) electrons. The highest BCUT2D eigenvalue weighted by atomic mass is 35.5. The van der Waals surface area contributed by atoms with Gasteiger partial charge in [0, 0.05) is 7.05 Å². The van der Waals surface area contributed by atoms with Gasteiger partial charge >= 0.3 is 0 Å². The Kier molecular flexibility index (Phi) is 4.36. The summed E-state index contributed by atoms with van der Waals surface area (Å²) in [6.45, 7) is 3.87. The summed E-state index contributed by atoms with van der Waals surface area (Å²) >= 11 is 7.27. The van der Waals surface area contributed by atoms with Crippen molar-refractivity contribution in [3.05, 3.63) is 58.0 Å². The summed E-state index contributed by atoms with van der Waals surface area (Å²) in [5.74, 6) is 0.516. The fraction of sp³-hybridized carbons (Fsp3) is 0.125. The molecule has 0 saturated carbocycles. The predicted octanol–water partition coefficient (Wildman–Crippen LogP) is 3.12. The average molecular weight is 347 g/mol. The maximum atomic E-state index is 12.1. The van der Waals surface area contributed by atoms with E-state index in [4.69, 9.17) is 11.6 Å². The Morgan fingerprint density at radius 3 is 2.78 bits per heavy atom. The number of thiophene rings is 1. The molecule has 2 N–H and O–H groups in total. The number of aromatic nitrogens is 2. The standard InChI is InChI=1S/C16H15ClN4OS/c1-10(13-7-8-14(17)23-13)19-20-16(22)9-15-18-11-5-3-4-6-12(11)21(15)2/h3-8,19H,1,9H2,2H3,(H,20,22). The lowest BCUT2D eigenvalue weighted by atomic mass is 10.3. The number of carbonyl (C=O) groups is 1. The fourth-order valence-corrected chi connectivity index (χ4v) is 3.19. The Bertz CT molecular complexity index is 883. The molecular weight excluding hydrogens is 332 g/mol. The lowest BCUT2D eigenvalue weighted by Gasteiger charge is -2.09. The first-order valence-corrected chi connectivity index (χ1v) is 8.14. The number of imidazole rings is 1. The van der Waals surface area contributed by atoms with Crippen LogP contribution in [0.5, 0.6) is 0 Å². The van der Waals surface area contributed by atoms with E-state index < -0.39 is 0 Å². The minimum absolute atomic E-state index is 0.177. The fourth-order valence-electron chi connectivity index (χ4n) is 2.22. The van der Waals surface area contributed by atoms with E-state index in [1.54, 1.807) is 6.07 Å². The molecular formula is C16H15ClN4OS. The van der Waals surface area contributed by atoms with Crippen LogP contribution in [0.15, 0.2) is 43.0 Å². The highest BCUT2D eigenvalue weighted by molar-refractivity contribution is 7.17. The Morgan fingerprint density at radius 2 is 2.09 bits per heavy atom. The molecule has 0 atom stereocenters. The average Bonchev–Trinajstić information content (AvgIpc) is 3.10. The summed E-state index contributed by atoms with van der Waals surface area (Å²) in [4.78, 5) is 17.4. The Morgan fingerprint density at radius 1 is 1.30 bits per heavy atom. The molecule has 0 bridgehead atoms. The molecule has 0 fully saturated rings. The number of hydrazine groups is 1. The number of hydrogen-bond donors (Lipinski definition) is 2. The molecule has 0 unspecified atom stereocenters. The summed E-state index contributed by atoms with van der Waals surface area (Å²) < 4.78 is 2.59. The van der Waals surface area contributed by atoms with Gasteiger partial charge in [-0.25, -0.2) is 4.98 Å². The molecule has 2 aromatic heterocycles. The second-order valence-electron chi connectivity index (χ2n) is 5.01. The normalized spacial score (nSPS) is 10.7. The number of rotatable bonds is 5. The number of carbonyl (C=O) groups excluding carboxylic acids is 1. The lowest BCUT2D eigenvalue weighted by molar-refractivity contribution is -0.121. The number of amides is 1. The van der Waals surface area contributed by atoms with Crippen LogP contribution < -0.4 is 10.9 Å². The van der Waals surface area contributed by atoms with Crippen molar-refractivity contribution in [1.82, 2.24) is 20.4 Å². The van der Waals surface area contributed by atoms with E-state index in [2.05, 4.69) is 22.4 Å². The zero-order chi connectivity index (χ0) is 16.4. The van der Waals surface area contributed by atoms with Gasteiger partial charge in [0.05, 0.1) is 32.4 Å². The predicted molar refractivity (Wildman–Crippen MR) is 94.1 cm³/mol. The van der Waals surface area contributed by atoms with Crippen molar-refractivity contribution in [1.29, 1.82) is 0 Å². The van der Waals surface area contributed by atoms with E-state index in [9.17, 15) is 4.79 Å². The third kappa shape index (κ3) is 3.38. The van der Waals surface area contributed by atoms with Gasteiger partial charge in [0.1, 0.15) is 5.82 Å². The largest absolute Gasteiger partial charge is 0.331 e. The van der Waals surface area contributed by atoms with Crippen LogP contribution >= 0.6 is 22.9 Å². The molecule has 118 valence electrons. The zero-order valence-electron chi connectivity index (χ0n) is 12.5. The van der Waals surface area contributed by atoms with E-state index in [-0.39, 0.29) is 12.3 Å². The third-order valence-electron chi connectivity index (χ3n) is 3.42. The number of hydrogen-bond acceptors (Lipinski definition) is 4. The molecule has 0 spiro atoms. The Hall–Kier alpha value is -2.31. The van der Waals surface area contributed by atoms with Crippen molar-refractivity contribution in [2.45, 2.75) is 6.42 Å². The number of nitrogens with zero attached hydrogens (tertiary/aromatic N) is 2. The van der Waals surface area contributed by atoms with Gasteiger partial charge in [-0.1, -0.05) is 30.3 Å². The van der Waals surface area contributed by atoms with Gasteiger partial charge in [0.25, 0.3) is 0 Å². The smallest absolute Gasteiger partial charge is 0.245 e. The molecule has 0 aliphatic heterocycles. The molecule has 0 aliphatic carbocycles. The maximum Gasteiger partial charge on any atom is 0.245 e. The highest BCUT2D eigenvalue weighted by Crippen LogP contribution is 2.25. The first-order valence-electron chi connectivity index (χ1n) is 6.94. The van der Waals surface area contributed by atoms with Crippen LogP contribution in [-0.2, 0) is 18.3 Å². The van der Waals surface area contributed by atoms with Crippen molar-refractivity contribution in [3.8, 4) is 0 Å². The van der Waals surface area contributed by atoms with Gasteiger partial charge in [-0.3, -0.25) is 15.6 Å². The molecule has 5 nitrogen and oxygen atoms in total. The highest BCUT2D eigenvalue weighted by Gasteiger charge is 2.12. The van der Waals surface area contributed by atoms with Crippen molar-refractivity contribution < 1.29 is 4.79 Å². The SMILES string of the molecule is C=C(NNC(=O)Cc1nc2ccccc2n1C)c1ccc(Cl)s1. The quantitative estimate of drug-likeness (QED) is 0.698. The van der Waals surface area contributed by atoms with Gasteiger partial charge in [0.2, 0.25) is 5.91 Å². The van der Waals surface area contributed by atoms with E-state index in [1.165, 1.54) is 11.3 Å². The first kappa shape index (κ1) is 15.6. The van der Waals surface area contributed by atoms with Gasteiger partial charge in [-0.05, 0) is 24.3 Å². The number of para-hydroxylation sites is 2. The summed E-state index contributed by atoms with van der Waals surface area (Å²) in [6, 6.07) is 11.4. The number of aryl methyl sites for hydroxylation is 1. The van der Waals surface area contributed by atoms with Gasteiger partial charge < -0.3 is 4.57 Å². The molecule has 0 aliphatic rings. The number of halogens is 1. The molecule has 1 aromatic carbocycles. The van der Waals surface area contributed by atoms with Crippen molar-refractivity contribution >= 4 is 45.6 Å². The van der Waals surface area contributed by atoms with Crippen molar-refractivity contribution in [2.24, 2.45) is 7.05 Å². The summed E-state index contributed by atoms with van der Waals surface area (Å²) in [7, 11) is 1.90. The van der Waals surface area contributed by atoms with Crippen LogP contribution in [0.2, 0.25) is 4.34 Å². The van der Waals surface area contributed by atoms with Crippen molar-refractivity contribution in [2.75, 3.05) is 0 Å². The number of benzene rings is 1. The van der Waals surface area contributed by atoms with Gasteiger partial charge in [-0.15, -0.1) is 11.3 Å². The lowest BCUT2D eigenvalue weighted by Crippen LogP contribution is -2.37. The molecule has 2 heterocycles. The van der Waals surface area contributed by atoms with Crippen LogP contribution in [0.1, 0.15) is 10.7 Å². The Labute approximate surface area is 142 Å². The van der Waals surface area contributed by atoms with Crippen molar-refractivity contribution in [3.63, 3.8) is 0 Å². The monoisotopic (exact) mass is 346 g/mol.